The number of hydrogen-bond acceptors (Lipinski definition) is 4. The fraction of sp³-hybridized carbons (Fsp3) is 0.700. The Kier molecular flexibility index (Phi) is 3.16. The van der Waals surface area contributed by atoms with Gasteiger partial charge in [-0.05, 0) is 18.8 Å². The number of rotatable bonds is 3. The number of nitrogens with zero attached hydrogens (tertiary/aromatic N) is 1. The van der Waals surface area contributed by atoms with Crippen molar-refractivity contribution in [1.29, 1.82) is 0 Å². The van der Waals surface area contributed by atoms with Crippen molar-refractivity contribution in [2.75, 3.05) is 13.2 Å². The molecule has 1 fully saturated rings. The van der Waals surface area contributed by atoms with Crippen LogP contribution in [0.2, 0.25) is 0 Å². The lowest BCUT2D eigenvalue weighted by molar-refractivity contribution is 0.0650. The van der Waals surface area contributed by atoms with E-state index in [2.05, 4.69) is 4.98 Å². The Morgan fingerprint density at radius 2 is 2.21 bits per heavy atom. The van der Waals surface area contributed by atoms with Gasteiger partial charge in [-0.1, -0.05) is 0 Å². The molecule has 0 bridgehead atoms. The molecule has 0 aromatic carbocycles. The Morgan fingerprint density at radius 3 is 2.86 bits per heavy atom. The highest BCUT2D eigenvalue weighted by molar-refractivity contribution is 4.95. The fourth-order valence-electron chi connectivity index (χ4n) is 1.77. The normalized spacial score (nSPS) is 18.6. The predicted octanol–water partition coefficient (Wildman–Crippen LogP) is 1.10. The summed E-state index contributed by atoms with van der Waals surface area (Å²) in [5.41, 5.74) is 5.42. The maximum absolute atomic E-state index is 5.46. The van der Waals surface area contributed by atoms with Crippen molar-refractivity contribution in [3.63, 3.8) is 0 Å². The molecule has 1 saturated heterocycles. The molecule has 1 aliphatic rings. The van der Waals surface area contributed by atoms with E-state index >= 15 is 0 Å². The molecule has 2 heterocycles. The minimum absolute atomic E-state index is 0.383. The van der Waals surface area contributed by atoms with Gasteiger partial charge in [0.1, 0.15) is 5.76 Å². The summed E-state index contributed by atoms with van der Waals surface area (Å²) in [5, 5.41) is 0. The van der Waals surface area contributed by atoms with Crippen molar-refractivity contribution in [2.45, 2.75) is 25.8 Å². The molecule has 1 aromatic rings. The van der Waals surface area contributed by atoms with E-state index in [1.165, 1.54) is 0 Å². The first-order chi connectivity index (χ1) is 6.88. The zero-order chi connectivity index (χ0) is 9.80. The van der Waals surface area contributed by atoms with Crippen molar-refractivity contribution in [3.05, 3.63) is 17.8 Å². The Hall–Kier alpha value is -0.870. The van der Waals surface area contributed by atoms with Crippen LogP contribution in [0.1, 0.15) is 24.5 Å². The van der Waals surface area contributed by atoms with Crippen LogP contribution in [0.5, 0.6) is 0 Å². The highest BCUT2D eigenvalue weighted by Gasteiger charge is 2.16. The average molecular weight is 196 g/mol. The van der Waals surface area contributed by atoms with Gasteiger partial charge < -0.3 is 14.9 Å². The lowest BCUT2D eigenvalue weighted by Crippen LogP contribution is -2.17. The van der Waals surface area contributed by atoms with E-state index in [1.54, 1.807) is 6.20 Å². The molecular weight excluding hydrogens is 180 g/mol. The minimum atomic E-state index is 0.383. The molecule has 1 aliphatic heterocycles. The van der Waals surface area contributed by atoms with Gasteiger partial charge in [-0.25, -0.2) is 4.98 Å². The Labute approximate surface area is 83.4 Å². The first-order valence-electron chi connectivity index (χ1n) is 5.10. The Bertz CT molecular complexity index is 279. The number of oxazole rings is 1. The van der Waals surface area contributed by atoms with Crippen molar-refractivity contribution < 1.29 is 9.15 Å². The van der Waals surface area contributed by atoms with Gasteiger partial charge in [0, 0.05) is 19.6 Å². The number of hydrogen-bond donors (Lipinski definition) is 1. The maximum atomic E-state index is 5.46. The summed E-state index contributed by atoms with van der Waals surface area (Å²) >= 11 is 0. The second kappa shape index (κ2) is 4.57. The van der Waals surface area contributed by atoms with E-state index in [0.29, 0.717) is 18.4 Å². The molecular formula is C10H16N2O2. The molecule has 0 aliphatic carbocycles. The molecule has 1 aromatic heterocycles. The van der Waals surface area contributed by atoms with E-state index < -0.39 is 0 Å². The van der Waals surface area contributed by atoms with Gasteiger partial charge in [-0.3, -0.25) is 0 Å². The molecule has 0 radical (unpaired) electrons. The van der Waals surface area contributed by atoms with Crippen molar-refractivity contribution >= 4 is 0 Å². The molecule has 4 nitrogen and oxygen atoms in total. The number of nitrogens with two attached hydrogens (primary N) is 1. The molecule has 0 amide bonds. The molecule has 2 rings (SSSR count). The molecule has 14 heavy (non-hydrogen) atoms. The molecule has 0 spiro atoms. The first-order valence-corrected chi connectivity index (χ1v) is 5.10. The van der Waals surface area contributed by atoms with Gasteiger partial charge in [-0.2, -0.15) is 0 Å². The van der Waals surface area contributed by atoms with Crippen LogP contribution in [-0.2, 0) is 17.7 Å². The molecule has 4 heteroatoms. The van der Waals surface area contributed by atoms with E-state index in [1.807, 2.05) is 0 Å². The van der Waals surface area contributed by atoms with Gasteiger partial charge in [0.2, 0.25) is 5.89 Å². The SMILES string of the molecule is NCc1ncc(CC2CCOCC2)o1. The van der Waals surface area contributed by atoms with Crippen molar-refractivity contribution in [1.82, 2.24) is 4.98 Å². The fourth-order valence-corrected chi connectivity index (χ4v) is 1.77. The zero-order valence-corrected chi connectivity index (χ0v) is 8.24. The molecule has 0 unspecified atom stereocenters. The van der Waals surface area contributed by atoms with Gasteiger partial charge in [0.05, 0.1) is 12.7 Å². The van der Waals surface area contributed by atoms with E-state index in [-0.39, 0.29) is 0 Å². The number of ether oxygens (including phenoxy) is 1. The first kappa shape index (κ1) is 9.68. The van der Waals surface area contributed by atoms with Crippen LogP contribution < -0.4 is 5.73 Å². The summed E-state index contributed by atoms with van der Waals surface area (Å²) < 4.78 is 10.8. The molecule has 2 N–H and O–H groups in total. The second-order valence-electron chi connectivity index (χ2n) is 3.68. The van der Waals surface area contributed by atoms with Crippen molar-refractivity contribution in [2.24, 2.45) is 11.7 Å². The third-order valence-corrected chi connectivity index (χ3v) is 2.61. The van der Waals surface area contributed by atoms with Gasteiger partial charge in [-0.15, -0.1) is 0 Å². The van der Waals surface area contributed by atoms with Gasteiger partial charge in [0.25, 0.3) is 0 Å². The van der Waals surface area contributed by atoms with Crippen LogP contribution in [0.4, 0.5) is 0 Å². The summed E-state index contributed by atoms with van der Waals surface area (Å²) in [6.07, 6.45) is 5.01. The summed E-state index contributed by atoms with van der Waals surface area (Å²) in [6, 6.07) is 0. The van der Waals surface area contributed by atoms with Crippen molar-refractivity contribution in [3.8, 4) is 0 Å². The van der Waals surface area contributed by atoms with Crippen LogP contribution in [0, 0.1) is 5.92 Å². The largest absolute Gasteiger partial charge is 0.444 e. The third-order valence-electron chi connectivity index (χ3n) is 2.61. The predicted molar refractivity (Wildman–Crippen MR) is 51.6 cm³/mol. The van der Waals surface area contributed by atoms with Crippen LogP contribution in [-0.4, -0.2) is 18.2 Å². The van der Waals surface area contributed by atoms with Crippen LogP contribution in [0.25, 0.3) is 0 Å². The topological polar surface area (TPSA) is 61.3 Å². The molecule has 0 atom stereocenters. The maximum Gasteiger partial charge on any atom is 0.208 e. The second-order valence-corrected chi connectivity index (χ2v) is 3.68. The quantitative estimate of drug-likeness (QED) is 0.786. The molecule has 0 saturated carbocycles. The monoisotopic (exact) mass is 196 g/mol. The standard InChI is InChI=1S/C10H16N2O2/c11-6-10-12-7-9(14-10)5-8-1-3-13-4-2-8/h7-8H,1-6,11H2. The third kappa shape index (κ3) is 2.33. The summed E-state index contributed by atoms with van der Waals surface area (Å²) in [5.74, 6) is 2.27. The summed E-state index contributed by atoms with van der Waals surface area (Å²) in [7, 11) is 0. The lowest BCUT2D eigenvalue weighted by Gasteiger charge is -2.20. The summed E-state index contributed by atoms with van der Waals surface area (Å²) in [6.45, 7) is 2.14. The average Bonchev–Trinajstić information content (AvgIpc) is 2.67. The van der Waals surface area contributed by atoms with E-state index in [0.717, 1.165) is 38.2 Å². The summed E-state index contributed by atoms with van der Waals surface area (Å²) in [4.78, 5) is 4.08. The Balaban J connectivity index is 1.89. The minimum Gasteiger partial charge on any atom is -0.444 e. The van der Waals surface area contributed by atoms with Crippen LogP contribution in [0.15, 0.2) is 10.6 Å². The number of aromatic nitrogens is 1. The highest BCUT2D eigenvalue weighted by Crippen LogP contribution is 2.20. The van der Waals surface area contributed by atoms with Gasteiger partial charge >= 0.3 is 0 Å². The smallest absolute Gasteiger partial charge is 0.208 e. The highest BCUT2D eigenvalue weighted by atomic mass is 16.5. The van der Waals surface area contributed by atoms with E-state index in [9.17, 15) is 0 Å². The zero-order valence-electron chi connectivity index (χ0n) is 8.24. The van der Waals surface area contributed by atoms with Crippen LogP contribution in [0.3, 0.4) is 0 Å². The Morgan fingerprint density at radius 1 is 1.43 bits per heavy atom. The van der Waals surface area contributed by atoms with Crippen LogP contribution >= 0.6 is 0 Å². The van der Waals surface area contributed by atoms with E-state index in [4.69, 9.17) is 14.9 Å². The van der Waals surface area contributed by atoms with Gasteiger partial charge in [0.15, 0.2) is 0 Å². The lowest BCUT2D eigenvalue weighted by atomic mass is 9.96. The molecule has 78 valence electrons.